The lowest BCUT2D eigenvalue weighted by molar-refractivity contribution is 0.0952. The van der Waals surface area contributed by atoms with Crippen molar-refractivity contribution in [2.24, 2.45) is 12.1 Å². The Hall–Kier alpha value is -3.08. The molecule has 0 unspecified atom stereocenters. The fourth-order valence-electron chi connectivity index (χ4n) is 2.91. The van der Waals surface area contributed by atoms with E-state index >= 15 is 0 Å². The molecule has 3 aromatic rings. The number of carbonyl (C=O) groups is 1. The van der Waals surface area contributed by atoms with E-state index in [4.69, 9.17) is 4.74 Å². The number of nitrogens with one attached hydrogen (secondary N) is 1. The van der Waals surface area contributed by atoms with Gasteiger partial charge in [-0.2, -0.15) is 5.10 Å². The van der Waals surface area contributed by atoms with Crippen molar-refractivity contribution in [1.29, 1.82) is 0 Å². The summed E-state index contributed by atoms with van der Waals surface area (Å²) in [7, 11) is 3.57. The summed E-state index contributed by atoms with van der Waals surface area (Å²) in [6.45, 7) is 3.98. The Morgan fingerprint density at radius 2 is 1.96 bits per heavy atom. The summed E-state index contributed by atoms with van der Waals surface area (Å²) in [6.07, 6.45) is 1.69. The number of fused-ring (bicyclic) bond motifs is 1. The molecule has 5 heteroatoms. The van der Waals surface area contributed by atoms with Gasteiger partial charge in [-0.1, -0.05) is 24.3 Å². The highest BCUT2D eigenvalue weighted by Gasteiger charge is 2.12. The van der Waals surface area contributed by atoms with Crippen LogP contribution in [0.2, 0.25) is 0 Å². The number of benzene rings is 2. The second kappa shape index (κ2) is 6.81. The van der Waals surface area contributed by atoms with Crippen LogP contribution in [0.5, 0.6) is 5.75 Å². The van der Waals surface area contributed by atoms with Crippen LogP contribution >= 0.6 is 0 Å². The Kier molecular flexibility index (Phi) is 4.57. The average Bonchev–Trinajstić information content (AvgIpc) is 2.86. The first kappa shape index (κ1) is 16.8. The van der Waals surface area contributed by atoms with Gasteiger partial charge < -0.3 is 9.30 Å². The number of methoxy groups -OCH3 is 1. The molecule has 3 rings (SSSR count). The molecule has 1 heterocycles. The van der Waals surface area contributed by atoms with Crippen molar-refractivity contribution in [1.82, 2.24) is 9.99 Å². The Morgan fingerprint density at radius 3 is 2.72 bits per heavy atom. The number of aromatic nitrogens is 1. The van der Waals surface area contributed by atoms with Crippen molar-refractivity contribution in [2.75, 3.05) is 7.11 Å². The average molecular weight is 335 g/mol. The zero-order valence-corrected chi connectivity index (χ0v) is 14.8. The Bertz CT molecular complexity index is 970. The minimum absolute atomic E-state index is 0.300. The van der Waals surface area contributed by atoms with Gasteiger partial charge in [0.05, 0.1) is 18.9 Å². The number of ether oxygens (including phenoxy) is 1. The van der Waals surface area contributed by atoms with E-state index in [-0.39, 0.29) is 5.91 Å². The molecule has 0 bridgehead atoms. The van der Waals surface area contributed by atoms with Gasteiger partial charge in [0.1, 0.15) is 5.75 Å². The van der Waals surface area contributed by atoms with Gasteiger partial charge in [0.15, 0.2) is 0 Å². The predicted molar refractivity (Wildman–Crippen MR) is 100 cm³/mol. The summed E-state index contributed by atoms with van der Waals surface area (Å²) >= 11 is 0. The molecule has 0 aliphatic heterocycles. The van der Waals surface area contributed by atoms with E-state index in [2.05, 4.69) is 27.2 Å². The molecule has 2 aromatic carbocycles. The minimum atomic E-state index is -0.300. The number of hydrogen-bond acceptors (Lipinski definition) is 3. The van der Waals surface area contributed by atoms with E-state index in [9.17, 15) is 4.79 Å². The molecule has 0 aliphatic carbocycles. The van der Waals surface area contributed by atoms with Crippen LogP contribution in [0.15, 0.2) is 47.6 Å². The molecule has 0 atom stereocenters. The van der Waals surface area contributed by atoms with Crippen molar-refractivity contribution in [3.8, 4) is 5.75 Å². The maximum atomic E-state index is 12.4. The van der Waals surface area contributed by atoms with Crippen LogP contribution in [0.4, 0.5) is 0 Å². The van der Waals surface area contributed by atoms with Crippen LogP contribution in [0.3, 0.4) is 0 Å². The van der Waals surface area contributed by atoms with Crippen LogP contribution in [0, 0.1) is 13.8 Å². The maximum Gasteiger partial charge on any atom is 0.275 e. The van der Waals surface area contributed by atoms with Crippen molar-refractivity contribution < 1.29 is 9.53 Å². The molecule has 0 aliphatic rings. The van der Waals surface area contributed by atoms with E-state index in [1.165, 1.54) is 0 Å². The van der Waals surface area contributed by atoms with E-state index in [1.807, 2.05) is 45.2 Å². The topological polar surface area (TPSA) is 55.6 Å². The van der Waals surface area contributed by atoms with E-state index in [0.29, 0.717) is 11.3 Å². The lowest BCUT2D eigenvalue weighted by atomic mass is 10.1. The first-order valence-corrected chi connectivity index (χ1v) is 8.05. The Balaban J connectivity index is 1.85. The van der Waals surface area contributed by atoms with Gasteiger partial charge in [-0.3, -0.25) is 4.79 Å². The van der Waals surface area contributed by atoms with Crippen molar-refractivity contribution in [3.63, 3.8) is 0 Å². The lowest BCUT2D eigenvalue weighted by Gasteiger charge is -2.07. The first-order chi connectivity index (χ1) is 12.0. The molecular formula is C20H21N3O2. The lowest BCUT2D eigenvalue weighted by Crippen LogP contribution is -2.18. The highest BCUT2D eigenvalue weighted by Crippen LogP contribution is 2.23. The molecule has 0 radical (unpaired) electrons. The monoisotopic (exact) mass is 335 g/mol. The highest BCUT2D eigenvalue weighted by molar-refractivity contribution is 6.02. The summed E-state index contributed by atoms with van der Waals surface area (Å²) in [5.41, 5.74) is 7.29. The molecule has 1 N–H and O–H groups in total. The van der Waals surface area contributed by atoms with Crippen LogP contribution in [0.25, 0.3) is 10.9 Å². The molecule has 128 valence electrons. The first-order valence-electron chi connectivity index (χ1n) is 8.05. The van der Waals surface area contributed by atoms with Gasteiger partial charge in [0.25, 0.3) is 5.91 Å². The molecule has 1 amide bonds. The smallest absolute Gasteiger partial charge is 0.275 e. The summed E-state index contributed by atoms with van der Waals surface area (Å²) in [5, 5.41) is 5.25. The summed E-state index contributed by atoms with van der Waals surface area (Å²) in [4.78, 5) is 12.4. The summed E-state index contributed by atoms with van der Waals surface area (Å²) < 4.78 is 7.39. The third-order valence-corrected chi connectivity index (χ3v) is 4.41. The molecule has 1 aromatic heterocycles. The fourth-order valence-corrected chi connectivity index (χ4v) is 2.91. The Morgan fingerprint density at radius 1 is 1.20 bits per heavy atom. The van der Waals surface area contributed by atoms with Crippen molar-refractivity contribution >= 4 is 23.0 Å². The summed E-state index contributed by atoms with van der Waals surface area (Å²) in [6, 6.07) is 13.6. The van der Waals surface area contributed by atoms with Gasteiger partial charge in [-0.05, 0) is 37.6 Å². The molecule has 5 nitrogen and oxygen atoms in total. The van der Waals surface area contributed by atoms with Crippen LogP contribution in [-0.4, -0.2) is 23.8 Å². The predicted octanol–water partition coefficient (Wildman–Crippen LogP) is 3.57. The number of aryl methyl sites for hydroxylation is 2. The molecule has 0 fully saturated rings. The largest absolute Gasteiger partial charge is 0.496 e. The molecule has 0 saturated carbocycles. The fraction of sp³-hybridized carbons (Fsp3) is 0.200. The van der Waals surface area contributed by atoms with Gasteiger partial charge in [0.2, 0.25) is 0 Å². The highest BCUT2D eigenvalue weighted by atomic mass is 16.5. The molecular weight excluding hydrogens is 314 g/mol. The van der Waals surface area contributed by atoms with Gasteiger partial charge in [-0.15, -0.1) is 0 Å². The van der Waals surface area contributed by atoms with Gasteiger partial charge in [0, 0.05) is 29.2 Å². The van der Waals surface area contributed by atoms with E-state index in [1.54, 1.807) is 19.4 Å². The van der Waals surface area contributed by atoms with Gasteiger partial charge in [-0.25, -0.2) is 5.43 Å². The summed E-state index contributed by atoms with van der Waals surface area (Å²) in [5.74, 6) is 0.236. The van der Waals surface area contributed by atoms with Crippen molar-refractivity contribution in [3.05, 3.63) is 64.8 Å². The number of hydrogen-bond donors (Lipinski definition) is 1. The number of carbonyl (C=O) groups excluding carboxylic acids is 1. The third-order valence-electron chi connectivity index (χ3n) is 4.41. The maximum absolute atomic E-state index is 12.4. The SMILES string of the molecule is COc1cc(C)ccc1C(=O)N/N=C/c1c(C)n(C)c2ccccc12. The third kappa shape index (κ3) is 3.13. The van der Waals surface area contributed by atoms with Crippen LogP contribution < -0.4 is 10.2 Å². The Labute approximate surface area is 146 Å². The number of rotatable bonds is 4. The van der Waals surface area contributed by atoms with Gasteiger partial charge >= 0.3 is 0 Å². The normalized spacial score (nSPS) is 11.2. The van der Waals surface area contributed by atoms with Crippen molar-refractivity contribution in [2.45, 2.75) is 13.8 Å². The zero-order valence-electron chi connectivity index (χ0n) is 14.8. The van der Waals surface area contributed by atoms with Crippen LogP contribution in [0.1, 0.15) is 27.2 Å². The van der Waals surface area contributed by atoms with E-state index < -0.39 is 0 Å². The second-order valence-corrected chi connectivity index (χ2v) is 5.98. The molecule has 0 spiro atoms. The minimum Gasteiger partial charge on any atom is -0.496 e. The second-order valence-electron chi connectivity index (χ2n) is 5.98. The quantitative estimate of drug-likeness (QED) is 0.585. The standard InChI is InChI=1S/C20H21N3O2/c1-13-9-10-16(19(11-13)25-4)20(24)22-21-12-17-14(2)23(3)18-8-6-5-7-15(17)18/h5-12H,1-4H3,(H,22,24)/b21-12+. The molecule has 0 saturated heterocycles. The number of hydrazone groups is 1. The molecule has 25 heavy (non-hydrogen) atoms. The van der Waals surface area contributed by atoms with Crippen LogP contribution in [-0.2, 0) is 7.05 Å². The van der Waals surface area contributed by atoms with E-state index in [0.717, 1.165) is 27.7 Å². The zero-order chi connectivity index (χ0) is 18.0. The number of nitrogens with zero attached hydrogens (tertiary/aromatic N) is 2. The number of para-hydroxylation sites is 1. The number of amides is 1.